The minimum Gasteiger partial charge on any atom is -0.356 e. The molecule has 2 rings (SSSR count). The van der Waals surface area contributed by atoms with Crippen LogP contribution in [0.3, 0.4) is 0 Å². The minimum atomic E-state index is -3.08. The Morgan fingerprint density at radius 2 is 2.25 bits per heavy atom. The summed E-state index contributed by atoms with van der Waals surface area (Å²) in [5, 5.41) is 6.99. The highest BCUT2D eigenvalue weighted by atomic mass is 35.5. The summed E-state index contributed by atoms with van der Waals surface area (Å²) in [6.45, 7) is 2.59. The lowest BCUT2D eigenvalue weighted by Gasteiger charge is -2.16. The Morgan fingerprint density at radius 3 is 2.83 bits per heavy atom. The number of halogens is 1. The zero-order valence-corrected chi connectivity index (χ0v) is 15.6. The summed E-state index contributed by atoms with van der Waals surface area (Å²) in [4.78, 5) is 8.24. The van der Waals surface area contributed by atoms with Gasteiger partial charge in [-0.05, 0) is 30.4 Å². The van der Waals surface area contributed by atoms with E-state index in [4.69, 9.17) is 11.6 Å². The summed E-state index contributed by atoms with van der Waals surface area (Å²) in [5.74, 6) is 1.02. The van der Waals surface area contributed by atoms with Crippen molar-refractivity contribution in [2.45, 2.75) is 12.8 Å². The van der Waals surface area contributed by atoms with Gasteiger partial charge in [-0.25, -0.2) is 17.7 Å². The molecule has 24 heavy (non-hydrogen) atoms. The Labute approximate surface area is 148 Å². The Hall–Kier alpha value is -1.38. The van der Waals surface area contributed by atoms with E-state index in [1.165, 1.54) is 10.6 Å². The Bertz CT molecular complexity index is 663. The number of aromatic nitrogens is 1. The van der Waals surface area contributed by atoms with E-state index in [1.54, 1.807) is 19.3 Å². The third-order valence-corrected chi connectivity index (χ3v) is 5.49. The molecule has 1 aromatic rings. The van der Waals surface area contributed by atoms with Crippen LogP contribution in [0.2, 0.25) is 5.15 Å². The summed E-state index contributed by atoms with van der Waals surface area (Å²) in [7, 11) is -1.36. The summed E-state index contributed by atoms with van der Waals surface area (Å²) in [6, 6.07) is 3.73. The monoisotopic (exact) mass is 373 g/mol. The summed E-state index contributed by atoms with van der Waals surface area (Å²) in [6.07, 6.45) is 4.71. The number of aliphatic imine (C=N–C) groups is 1. The first-order chi connectivity index (χ1) is 11.4. The number of pyridine rings is 1. The zero-order chi connectivity index (χ0) is 17.6. The van der Waals surface area contributed by atoms with E-state index in [1.807, 2.05) is 6.07 Å². The third kappa shape index (κ3) is 5.92. The van der Waals surface area contributed by atoms with Gasteiger partial charge in [0, 0.05) is 39.4 Å². The lowest BCUT2D eigenvalue weighted by molar-refractivity contribution is 0.459. The number of hydrogen-bond acceptors (Lipinski definition) is 4. The number of rotatable bonds is 6. The van der Waals surface area contributed by atoms with Crippen molar-refractivity contribution in [3.8, 4) is 0 Å². The fourth-order valence-corrected chi connectivity index (χ4v) is 3.64. The van der Waals surface area contributed by atoms with Gasteiger partial charge in [0.15, 0.2) is 5.96 Å². The molecule has 0 radical (unpaired) electrons. The molecule has 0 aromatic carbocycles. The summed E-state index contributed by atoms with van der Waals surface area (Å²) >= 11 is 5.76. The maximum Gasteiger partial charge on any atom is 0.211 e. The van der Waals surface area contributed by atoms with Crippen LogP contribution >= 0.6 is 11.6 Å². The molecule has 1 aliphatic rings. The quantitative estimate of drug-likeness (QED) is 0.436. The number of hydrogen-bond donors (Lipinski definition) is 2. The van der Waals surface area contributed by atoms with Crippen LogP contribution in [-0.2, 0) is 16.4 Å². The van der Waals surface area contributed by atoms with Crippen LogP contribution < -0.4 is 10.6 Å². The van der Waals surface area contributed by atoms with Gasteiger partial charge < -0.3 is 10.6 Å². The standard InChI is InChI=1S/C15H24ClN5O2S/c1-17-15(18-7-5-12-3-4-14(16)19-9-12)20-10-13-6-8-21(11-13)24(2,22)23/h3-4,9,13H,5-8,10-11H2,1-2H3,(H2,17,18,20). The molecule has 0 spiro atoms. The molecule has 1 saturated heterocycles. The second kappa shape index (κ2) is 8.64. The van der Waals surface area contributed by atoms with Gasteiger partial charge in [-0.2, -0.15) is 0 Å². The average molecular weight is 374 g/mol. The van der Waals surface area contributed by atoms with Gasteiger partial charge in [-0.15, -0.1) is 0 Å². The molecule has 1 aliphatic heterocycles. The lowest BCUT2D eigenvalue weighted by Crippen LogP contribution is -2.41. The van der Waals surface area contributed by atoms with Crippen molar-refractivity contribution in [3.63, 3.8) is 0 Å². The van der Waals surface area contributed by atoms with Crippen molar-refractivity contribution >= 4 is 27.6 Å². The van der Waals surface area contributed by atoms with Crippen LogP contribution in [0.5, 0.6) is 0 Å². The second-order valence-corrected chi connectivity index (χ2v) is 8.26. The fraction of sp³-hybridized carbons (Fsp3) is 0.600. The van der Waals surface area contributed by atoms with E-state index < -0.39 is 10.0 Å². The highest BCUT2D eigenvalue weighted by molar-refractivity contribution is 7.88. The SMILES string of the molecule is CN=C(NCCc1ccc(Cl)nc1)NCC1CCN(S(C)(=O)=O)C1. The summed E-state index contributed by atoms with van der Waals surface area (Å²) < 4.78 is 24.6. The van der Waals surface area contributed by atoms with Crippen molar-refractivity contribution in [1.29, 1.82) is 0 Å². The van der Waals surface area contributed by atoms with Gasteiger partial charge in [-0.3, -0.25) is 4.99 Å². The number of nitrogens with one attached hydrogen (secondary N) is 2. The van der Waals surface area contributed by atoms with Crippen molar-refractivity contribution in [3.05, 3.63) is 29.0 Å². The van der Waals surface area contributed by atoms with Gasteiger partial charge in [0.1, 0.15) is 5.15 Å². The first-order valence-electron chi connectivity index (χ1n) is 7.88. The van der Waals surface area contributed by atoms with Crippen LogP contribution in [0.1, 0.15) is 12.0 Å². The van der Waals surface area contributed by atoms with Crippen LogP contribution in [0.15, 0.2) is 23.3 Å². The van der Waals surface area contributed by atoms with Gasteiger partial charge in [0.2, 0.25) is 10.0 Å². The highest BCUT2D eigenvalue weighted by Crippen LogP contribution is 2.17. The van der Waals surface area contributed by atoms with Gasteiger partial charge in [-0.1, -0.05) is 17.7 Å². The zero-order valence-electron chi connectivity index (χ0n) is 14.0. The van der Waals surface area contributed by atoms with Gasteiger partial charge >= 0.3 is 0 Å². The molecule has 1 fully saturated rings. The average Bonchev–Trinajstić information content (AvgIpc) is 3.01. The van der Waals surface area contributed by atoms with Crippen molar-refractivity contribution < 1.29 is 8.42 Å². The first kappa shape index (κ1) is 19.0. The molecule has 1 atom stereocenters. The Morgan fingerprint density at radius 1 is 1.46 bits per heavy atom. The maximum absolute atomic E-state index is 11.5. The van der Waals surface area contributed by atoms with Crippen LogP contribution in [0.4, 0.5) is 0 Å². The Kier molecular flexibility index (Phi) is 6.82. The number of nitrogens with zero attached hydrogens (tertiary/aromatic N) is 3. The molecule has 9 heteroatoms. The second-order valence-electron chi connectivity index (χ2n) is 5.89. The van der Waals surface area contributed by atoms with E-state index >= 15 is 0 Å². The van der Waals surface area contributed by atoms with Crippen LogP contribution in [0, 0.1) is 5.92 Å². The molecular weight excluding hydrogens is 350 g/mol. The Balaban J connectivity index is 1.70. The predicted molar refractivity (Wildman–Crippen MR) is 96.8 cm³/mol. The van der Waals surface area contributed by atoms with E-state index in [9.17, 15) is 8.42 Å². The smallest absolute Gasteiger partial charge is 0.211 e. The summed E-state index contributed by atoms with van der Waals surface area (Å²) in [5.41, 5.74) is 1.10. The number of guanidine groups is 1. The maximum atomic E-state index is 11.5. The molecule has 1 aromatic heterocycles. The third-order valence-electron chi connectivity index (χ3n) is 3.99. The molecule has 7 nitrogen and oxygen atoms in total. The molecule has 0 aliphatic carbocycles. The van der Waals surface area contributed by atoms with E-state index in [-0.39, 0.29) is 0 Å². The molecule has 1 unspecified atom stereocenters. The van der Waals surface area contributed by atoms with Crippen molar-refractivity contribution in [2.24, 2.45) is 10.9 Å². The topological polar surface area (TPSA) is 86.7 Å². The minimum absolute atomic E-state index is 0.304. The molecule has 134 valence electrons. The van der Waals surface area contributed by atoms with E-state index in [0.29, 0.717) is 30.7 Å². The molecule has 2 N–H and O–H groups in total. The van der Waals surface area contributed by atoms with Gasteiger partial charge in [0.05, 0.1) is 6.26 Å². The van der Waals surface area contributed by atoms with Gasteiger partial charge in [0.25, 0.3) is 0 Å². The first-order valence-corrected chi connectivity index (χ1v) is 10.1. The highest BCUT2D eigenvalue weighted by Gasteiger charge is 2.28. The largest absolute Gasteiger partial charge is 0.356 e. The fourth-order valence-electron chi connectivity index (χ4n) is 2.61. The molecular formula is C15H24ClN5O2S. The van der Waals surface area contributed by atoms with Crippen molar-refractivity contribution in [2.75, 3.05) is 39.5 Å². The van der Waals surface area contributed by atoms with E-state index in [2.05, 4.69) is 20.6 Å². The number of sulfonamides is 1. The van der Waals surface area contributed by atoms with Crippen LogP contribution in [0.25, 0.3) is 0 Å². The predicted octanol–water partition coefficient (Wildman–Crippen LogP) is 0.724. The normalized spacial score (nSPS) is 19.5. The van der Waals surface area contributed by atoms with Crippen LogP contribution in [-0.4, -0.2) is 63.1 Å². The van der Waals surface area contributed by atoms with E-state index in [0.717, 1.165) is 30.9 Å². The lowest BCUT2D eigenvalue weighted by atomic mass is 10.1. The molecule has 2 heterocycles. The molecule has 0 amide bonds. The molecule has 0 bridgehead atoms. The molecule has 0 saturated carbocycles. The van der Waals surface area contributed by atoms with Crippen molar-refractivity contribution in [1.82, 2.24) is 19.9 Å².